The second-order valence-electron chi connectivity index (χ2n) is 5.02. The van der Waals surface area contributed by atoms with Crippen molar-refractivity contribution < 1.29 is 0 Å². The Bertz CT molecular complexity index is 163. The molecule has 1 saturated heterocycles. The molecule has 2 nitrogen and oxygen atoms in total. The lowest BCUT2D eigenvalue weighted by Crippen LogP contribution is -2.45. The van der Waals surface area contributed by atoms with E-state index in [1.807, 2.05) is 0 Å². The van der Waals surface area contributed by atoms with E-state index in [9.17, 15) is 0 Å². The van der Waals surface area contributed by atoms with Crippen LogP contribution in [0, 0.1) is 0 Å². The maximum Gasteiger partial charge on any atom is 0.0445 e. The van der Waals surface area contributed by atoms with Gasteiger partial charge in [-0.05, 0) is 24.3 Å². The minimum Gasteiger partial charge on any atom is -0.292 e. The van der Waals surface area contributed by atoms with Crippen LogP contribution in [0.15, 0.2) is 0 Å². The van der Waals surface area contributed by atoms with E-state index in [1.165, 1.54) is 75.1 Å². The molecule has 1 rings (SSSR count). The van der Waals surface area contributed by atoms with E-state index in [2.05, 4.69) is 47.2 Å². The third kappa shape index (κ3) is 7.93. The predicted molar refractivity (Wildman–Crippen MR) is 87.6 cm³/mol. The number of hydrogen-bond donors (Lipinski definition) is 0. The largest absolute Gasteiger partial charge is 0.292 e. The Morgan fingerprint density at radius 1 is 0.722 bits per heavy atom. The summed E-state index contributed by atoms with van der Waals surface area (Å²) in [5, 5.41) is 0. The summed E-state index contributed by atoms with van der Waals surface area (Å²) >= 11 is 4.22. The molecule has 1 aliphatic rings. The molecule has 0 spiro atoms. The third-order valence-electron chi connectivity index (χ3n) is 3.30. The first-order valence-corrected chi connectivity index (χ1v) is 9.78. The van der Waals surface area contributed by atoms with E-state index < -0.39 is 0 Å². The first-order valence-electron chi connectivity index (χ1n) is 7.47. The SMILES string of the molecule is CCCCSCN1CCN(CSCCCC)CC1. The maximum atomic E-state index is 2.62. The van der Waals surface area contributed by atoms with Gasteiger partial charge in [-0.1, -0.05) is 26.7 Å². The summed E-state index contributed by atoms with van der Waals surface area (Å²) in [6.45, 7) is 9.63. The van der Waals surface area contributed by atoms with Crippen molar-refractivity contribution in [2.24, 2.45) is 0 Å². The van der Waals surface area contributed by atoms with E-state index in [-0.39, 0.29) is 0 Å². The maximum absolute atomic E-state index is 2.62. The molecule has 0 aromatic carbocycles. The van der Waals surface area contributed by atoms with E-state index >= 15 is 0 Å². The number of nitrogens with zero attached hydrogens (tertiary/aromatic N) is 2. The molecule has 0 amide bonds. The van der Waals surface area contributed by atoms with Gasteiger partial charge in [0, 0.05) is 37.9 Å². The van der Waals surface area contributed by atoms with Crippen molar-refractivity contribution >= 4 is 23.5 Å². The van der Waals surface area contributed by atoms with Gasteiger partial charge in [-0.3, -0.25) is 9.80 Å². The minimum atomic E-state index is 1.25. The number of piperazine rings is 1. The molecular weight excluding hydrogens is 260 g/mol. The molecule has 0 aromatic rings. The summed E-state index contributed by atoms with van der Waals surface area (Å²) in [5.41, 5.74) is 0. The van der Waals surface area contributed by atoms with E-state index in [0.29, 0.717) is 0 Å². The average Bonchev–Trinajstić information content (AvgIpc) is 2.41. The number of rotatable bonds is 10. The van der Waals surface area contributed by atoms with Gasteiger partial charge < -0.3 is 0 Å². The predicted octanol–water partition coefficient (Wildman–Crippen LogP) is 3.59. The Labute approximate surface area is 122 Å². The fourth-order valence-corrected chi connectivity index (χ4v) is 4.20. The summed E-state index contributed by atoms with van der Waals surface area (Å²) in [4.78, 5) is 5.24. The second kappa shape index (κ2) is 11.4. The normalized spacial score (nSPS) is 18.3. The summed E-state index contributed by atoms with van der Waals surface area (Å²) in [5.74, 6) is 5.17. The van der Waals surface area contributed by atoms with Crippen LogP contribution in [-0.4, -0.2) is 59.2 Å². The Morgan fingerprint density at radius 2 is 1.11 bits per heavy atom. The smallest absolute Gasteiger partial charge is 0.0445 e. The van der Waals surface area contributed by atoms with Gasteiger partial charge >= 0.3 is 0 Å². The standard InChI is InChI=1S/C14H30N2S2/c1-3-5-11-17-13-15-7-9-16(10-8-15)14-18-12-6-4-2/h3-14H2,1-2H3. The lowest BCUT2D eigenvalue weighted by molar-refractivity contribution is 0.169. The molecule has 108 valence electrons. The molecule has 1 aliphatic heterocycles. The Balaban J connectivity index is 1.95. The highest BCUT2D eigenvalue weighted by molar-refractivity contribution is 7.99. The first-order chi connectivity index (χ1) is 8.86. The van der Waals surface area contributed by atoms with Gasteiger partial charge in [-0.15, -0.1) is 23.5 Å². The summed E-state index contributed by atoms with van der Waals surface area (Å²) < 4.78 is 0. The Kier molecular flexibility index (Phi) is 10.6. The van der Waals surface area contributed by atoms with Crippen molar-refractivity contribution in [3.63, 3.8) is 0 Å². The van der Waals surface area contributed by atoms with Gasteiger partial charge in [-0.2, -0.15) is 0 Å². The Morgan fingerprint density at radius 3 is 1.44 bits per heavy atom. The number of thioether (sulfide) groups is 2. The highest BCUT2D eigenvalue weighted by Crippen LogP contribution is 2.13. The minimum absolute atomic E-state index is 1.25. The Hall–Kier alpha value is 0.620. The van der Waals surface area contributed by atoms with Crippen molar-refractivity contribution in [3.8, 4) is 0 Å². The summed E-state index contributed by atoms with van der Waals surface area (Å²) in [7, 11) is 0. The van der Waals surface area contributed by atoms with Crippen LogP contribution < -0.4 is 0 Å². The van der Waals surface area contributed by atoms with Crippen LogP contribution in [0.2, 0.25) is 0 Å². The zero-order chi connectivity index (χ0) is 13.1. The number of unbranched alkanes of at least 4 members (excludes halogenated alkanes) is 2. The van der Waals surface area contributed by atoms with Gasteiger partial charge in [0.05, 0.1) is 0 Å². The second-order valence-corrected chi connectivity index (χ2v) is 7.17. The van der Waals surface area contributed by atoms with Crippen LogP contribution in [0.25, 0.3) is 0 Å². The van der Waals surface area contributed by atoms with Crippen LogP contribution in [0.1, 0.15) is 39.5 Å². The van der Waals surface area contributed by atoms with E-state index in [4.69, 9.17) is 0 Å². The topological polar surface area (TPSA) is 6.48 Å². The van der Waals surface area contributed by atoms with Crippen LogP contribution in [0.4, 0.5) is 0 Å². The molecule has 0 bridgehead atoms. The zero-order valence-corrected chi connectivity index (χ0v) is 13.8. The van der Waals surface area contributed by atoms with Crippen molar-refractivity contribution in [1.82, 2.24) is 9.80 Å². The van der Waals surface area contributed by atoms with Gasteiger partial charge in [0.15, 0.2) is 0 Å². The lowest BCUT2D eigenvalue weighted by atomic mass is 10.4. The van der Waals surface area contributed by atoms with Crippen molar-refractivity contribution in [2.75, 3.05) is 49.4 Å². The summed E-state index contributed by atoms with van der Waals surface area (Å²) in [6, 6.07) is 0. The molecule has 0 saturated carbocycles. The first kappa shape index (κ1) is 16.7. The van der Waals surface area contributed by atoms with Crippen molar-refractivity contribution in [2.45, 2.75) is 39.5 Å². The van der Waals surface area contributed by atoms with Crippen LogP contribution in [0.3, 0.4) is 0 Å². The molecule has 0 radical (unpaired) electrons. The van der Waals surface area contributed by atoms with Gasteiger partial charge in [-0.25, -0.2) is 0 Å². The van der Waals surface area contributed by atoms with Crippen LogP contribution >= 0.6 is 23.5 Å². The van der Waals surface area contributed by atoms with E-state index in [0.717, 1.165) is 0 Å². The number of hydrogen-bond acceptors (Lipinski definition) is 4. The average molecular weight is 291 g/mol. The zero-order valence-electron chi connectivity index (χ0n) is 12.2. The highest BCUT2D eigenvalue weighted by Gasteiger charge is 2.15. The van der Waals surface area contributed by atoms with E-state index in [1.54, 1.807) is 0 Å². The quantitative estimate of drug-likeness (QED) is 0.567. The molecule has 0 N–H and O–H groups in total. The molecule has 4 heteroatoms. The molecule has 0 unspecified atom stereocenters. The van der Waals surface area contributed by atoms with Crippen LogP contribution in [0.5, 0.6) is 0 Å². The fourth-order valence-electron chi connectivity index (χ4n) is 1.93. The molecule has 0 aromatic heterocycles. The molecule has 18 heavy (non-hydrogen) atoms. The third-order valence-corrected chi connectivity index (χ3v) is 5.55. The molecule has 1 heterocycles. The van der Waals surface area contributed by atoms with Crippen LogP contribution in [-0.2, 0) is 0 Å². The monoisotopic (exact) mass is 290 g/mol. The van der Waals surface area contributed by atoms with Crippen molar-refractivity contribution in [1.29, 1.82) is 0 Å². The van der Waals surface area contributed by atoms with Gasteiger partial charge in [0.1, 0.15) is 0 Å². The molecule has 0 aliphatic carbocycles. The molecule has 1 fully saturated rings. The highest BCUT2D eigenvalue weighted by atomic mass is 32.2. The molecular formula is C14H30N2S2. The summed E-state index contributed by atoms with van der Waals surface area (Å²) in [6.07, 6.45) is 5.41. The fraction of sp³-hybridized carbons (Fsp3) is 1.00. The lowest BCUT2D eigenvalue weighted by Gasteiger charge is -2.34. The van der Waals surface area contributed by atoms with Crippen molar-refractivity contribution in [3.05, 3.63) is 0 Å². The molecule has 0 atom stereocenters. The van der Waals surface area contributed by atoms with Gasteiger partial charge in [0.25, 0.3) is 0 Å². The van der Waals surface area contributed by atoms with Gasteiger partial charge in [0.2, 0.25) is 0 Å².